The summed E-state index contributed by atoms with van der Waals surface area (Å²) in [5, 5.41) is 0. The number of amides is 1. The fourth-order valence-electron chi connectivity index (χ4n) is 4.99. The Hall–Kier alpha value is -3.54. The fraction of sp³-hybridized carbons (Fsp3) is 0.438. The third kappa shape index (κ3) is 6.66. The quantitative estimate of drug-likeness (QED) is 0.361. The second-order valence-electron chi connectivity index (χ2n) is 11.6. The minimum Gasteiger partial charge on any atom is -0.460 e. The Bertz CT molecular complexity index is 1300. The highest BCUT2D eigenvalue weighted by molar-refractivity contribution is 5.90. The minimum atomic E-state index is -0.487. The van der Waals surface area contributed by atoms with Crippen LogP contribution in [0.4, 0.5) is 0 Å². The topological polar surface area (TPSA) is 95.2 Å². The molecule has 1 atom stereocenters. The van der Waals surface area contributed by atoms with Gasteiger partial charge in [0.05, 0.1) is 11.8 Å². The van der Waals surface area contributed by atoms with Gasteiger partial charge in [-0.2, -0.15) is 0 Å². The first-order valence-electron chi connectivity index (χ1n) is 13.5. The molecule has 38 heavy (non-hydrogen) atoms. The van der Waals surface area contributed by atoms with Gasteiger partial charge in [-0.1, -0.05) is 55.5 Å². The predicted molar refractivity (Wildman–Crippen MR) is 149 cm³/mol. The van der Waals surface area contributed by atoms with Gasteiger partial charge in [0, 0.05) is 18.3 Å². The molecule has 200 valence electrons. The van der Waals surface area contributed by atoms with Crippen molar-refractivity contribution in [2.45, 2.75) is 90.1 Å². The Morgan fingerprint density at radius 3 is 2.37 bits per heavy atom. The summed E-state index contributed by atoms with van der Waals surface area (Å²) < 4.78 is 5.46. The van der Waals surface area contributed by atoms with Crippen molar-refractivity contribution in [3.63, 3.8) is 0 Å². The molecule has 2 aromatic carbocycles. The predicted octanol–water partition coefficient (Wildman–Crippen LogP) is 5.51. The van der Waals surface area contributed by atoms with Gasteiger partial charge in [0.25, 0.3) is 0 Å². The van der Waals surface area contributed by atoms with E-state index >= 15 is 0 Å². The smallest absolute Gasteiger partial charge is 0.306 e. The molecule has 1 amide bonds. The molecule has 0 saturated heterocycles. The van der Waals surface area contributed by atoms with Gasteiger partial charge in [0.2, 0.25) is 5.91 Å². The van der Waals surface area contributed by atoms with Crippen LogP contribution < -0.4 is 5.73 Å². The molecule has 1 aliphatic rings. The van der Waals surface area contributed by atoms with E-state index in [2.05, 4.69) is 35.3 Å². The number of aryl methyl sites for hydroxylation is 3. The zero-order valence-corrected chi connectivity index (χ0v) is 23.2. The summed E-state index contributed by atoms with van der Waals surface area (Å²) in [5.74, 6) is 0.451. The molecule has 0 bridgehead atoms. The van der Waals surface area contributed by atoms with E-state index in [0.29, 0.717) is 12.8 Å². The molecule has 1 unspecified atom stereocenters. The SMILES string of the molecule is Cc1cnc(Cc2ccc(C(C)CC(=O)OC(C)(C)C)cc2)nc1CCc1ccccc1C1(C(N)=O)CC1. The largest absolute Gasteiger partial charge is 0.460 e. The van der Waals surface area contributed by atoms with E-state index in [1.165, 1.54) is 5.56 Å². The van der Waals surface area contributed by atoms with Gasteiger partial charge >= 0.3 is 5.97 Å². The number of primary amides is 1. The van der Waals surface area contributed by atoms with Crippen molar-refractivity contribution in [3.05, 3.63) is 94.1 Å². The van der Waals surface area contributed by atoms with Crippen molar-refractivity contribution < 1.29 is 14.3 Å². The van der Waals surface area contributed by atoms with Crippen LogP contribution in [0.1, 0.15) is 92.2 Å². The molecular formula is C32H39N3O3. The van der Waals surface area contributed by atoms with Crippen molar-refractivity contribution in [1.82, 2.24) is 9.97 Å². The third-order valence-electron chi connectivity index (χ3n) is 7.32. The number of esters is 1. The number of hydrogen-bond donors (Lipinski definition) is 1. The number of rotatable bonds is 10. The molecule has 1 aliphatic carbocycles. The fourth-order valence-corrected chi connectivity index (χ4v) is 4.99. The van der Waals surface area contributed by atoms with E-state index in [9.17, 15) is 9.59 Å². The lowest BCUT2D eigenvalue weighted by atomic mass is 9.88. The summed E-state index contributed by atoms with van der Waals surface area (Å²) in [6, 6.07) is 16.5. The molecule has 1 aromatic heterocycles. The molecule has 6 nitrogen and oxygen atoms in total. The standard InChI is InChI=1S/C32H39N3O3/c1-21(18-29(36)38-31(3,4)5)24-12-10-23(11-13-24)19-28-34-20-22(2)27(35-28)15-14-25-8-6-7-9-26(25)32(16-17-32)30(33)37/h6-13,20-21H,14-19H2,1-5H3,(H2,33,37). The maximum atomic E-state index is 12.2. The second-order valence-corrected chi connectivity index (χ2v) is 11.6. The molecule has 1 saturated carbocycles. The van der Waals surface area contributed by atoms with Crippen LogP contribution in [0.2, 0.25) is 0 Å². The van der Waals surface area contributed by atoms with Crippen LogP contribution in [-0.4, -0.2) is 27.4 Å². The number of aromatic nitrogens is 2. The highest BCUT2D eigenvalue weighted by Gasteiger charge is 2.50. The summed E-state index contributed by atoms with van der Waals surface area (Å²) >= 11 is 0. The molecule has 0 radical (unpaired) electrons. The molecule has 1 heterocycles. The number of hydrogen-bond acceptors (Lipinski definition) is 5. The molecule has 0 aliphatic heterocycles. The van der Waals surface area contributed by atoms with E-state index < -0.39 is 11.0 Å². The number of carbonyl (C=O) groups is 2. The zero-order valence-electron chi connectivity index (χ0n) is 23.2. The van der Waals surface area contributed by atoms with Crippen molar-refractivity contribution >= 4 is 11.9 Å². The monoisotopic (exact) mass is 513 g/mol. The molecular weight excluding hydrogens is 474 g/mol. The van der Waals surface area contributed by atoms with Crippen LogP contribution in [0.15, 0.2) is 54.7 Å². The normalized spacial score (nSPS) is 15.1. The lowest BCUT2D eigenvalue weighted by Gasteiger charge is -2.21. The number of carbonyl (C=O) groups excluding carboxylic acids is 2. The Labute approximate surface area is 226 Å². The van der Waals surface area contributed by atoms with Crippen LogP contribution in [0, 0.1) is 6.92 Å². The summed E-state index contributed by atoms with van der Waals surface area (Å²) in [6.45, 7) is 9.73. The second kappa shape index (κ2) is 11.1. The third-order valence-corrected chi connectivity index (χ3v) is 7.32. The highest BCUT2D eigenvalue weighted by Crippen LogP contribution is 2.49. The van der Waals surface area contributed by atoms with E-state index in [1.807, 2.05) is 59.0 Å². The Kier molecular flexibility index (Phi) is 8.00. The van der Waals surface area contributed by atoms with Crippen LogP contribution in [-0.2, 0) is 39.0 Å². The summed E-state index contributed by atoms with van der Waals surface area (Å²) in [7, 11) is 0. The molecule has 2 N–H and O–H groups in total. The average molecular weight is 514 g/mol. The van der Waals surface area contributed by atoms with Gasteiger partial charge in [-0.3, -0.25) is 9.59 Å². The van der Waals surface area contributed by atoms with Gasteiger partial charge < -0.3 is 10.5 Å². The van der Waals surface area contributed by atoms with Crippen LogP contribution >= 0.6 is 0 Å². The van der Waals surface area contributed by atoms with Crippen molar-refractivity contribution in [2.75, 3.05) is 0 Å². The maximum Gasteiger partial charge on any atom is 0.306 e. The first kappa shape index (κ1) is 27.5. The molecule has 3 aromatic rings. The zero-order chi connectivity index (χ0) is 27.5. The molecule has 4 rings (SSSR count). The first-order valence-corrected chi connectivity index (χ1v) is 13.5. The van der Waals surface area contributed by atoms with Gasteiger partial charge in [-0.15, -0.1) is 0 Å². The number of nitrogens with two attached hydrogens (primary N) is 1. The Balaban J connectivity index is 1.40. The highest BCUT2D eigenvalue weighted by atomic mass is 16.6. The summed E-state index contributed by atoms with van der Waals surface area (Å²) in [6.07, 6.45) is 6.11. The minimum absolute atomic E-state index is 0.0772. The first-order chi connectivity index (χ1) is 18.0. The summed E-state index contributed by atoms with van der Waals surface area (Å²) in [4.78, 5) is 33.8. The molecule has 1 fully saturated rings. The van der Waals surface area contributed by atoms with Crippen molar-refractivity contribution in [2.24, 2.45) is 5.73 Å². The van der Waals surface area contributed by atoms with Crippen LogP contribution in [0.25, 0.3) is 0 Å². The van der Waals surface area contributed by atoms with Gasteiger partial charge in [0.15, 0.2) is 0 Å². The van der Waals surface area contributed by atoms with Gasteiger partial charge in [0.1, 0.15) is 11.4 Å². The van der Waals surface area contributed by atoms with E-state index in [-0.39, 0.29) is 17.8 Å². The lowest BCUT2D eigenvalue weighted by Crippen LogP contribution is -2.29. The maximum absolute atomic E-state index is 12.2. The van der Waals surface area contributed by atoms with Crippen molar-refractivity contribution in [1.29, 1.82) is 0 Å². The summed E-state index contributed by atoms with van der Waals surface area (Å²) in [5.41, 5.74) is 11.3. The Morgan fingerprint density at radius 1 is 1.05 bits per heavy atom. The number of benzene rings is 2. The van der Waals surface area contributed by atoms with E-state index in [0.717, 1.165) is 59.5 Å². The molecule has 6 heteroatoms. The average Bonchev–Trinajstić information content (AvgIpc) is 3.66. The molecule has 0 spiro atoms. The van der Waals surface area contributed by atoms with Gasteiger partial charge in [-0.05, 0) is 87.1 Å². The van der Waals surface area contributed by atoms with Crippen LogP contribution in [0.3, 0.4) is 0 Å². The number of nitrogens with zero attached hydrogens (tertiary/aromatic N) is 2. The Morgan fingerprint density at radius 2 is 1.74 bits per heavy atom. The number of ether oxygens (including phenoxy) is 1. The van der Waals surface area contributed by atoms with Gasteiger partial charge in [-0.25, -0.2) is 9.97 Å². The van der Waals surface area contributed by atoms with E-state index in [1.54, 1.807) is 0 Å². The van der Waals surface area contributed by atoms with Crippen LogP contribution in [0.5, 0.6) is 0 Å². The van der Waals surface area contributed by atoms with Crippen molar-refractivity contribution in [3.8, 4) is 0 Å². The van der Waals surface area contributed by atoms with E-state index in [4.69, 9.17) is 15.5 Å². The lowest BCUT2D eigenvalue weighted by molar-refractivity contribution is -0.155.